The third-order valence-corrected chi connectivity index (χ3v) is 4.37. The van der Waals surface area contributed by atoms with E-state index >= 15 is 0 Å². The maximum atomic E-state index is 12.6. The SMILES string of the molecule is O=C(O)[C@H]1CCCN(C(=O)N2CCCCCC2CO)C1. The van der Waals surface area contributed by atoms with Crippen molar-refractivity contribution in [1.29, 1.82) is 0 Å². The lowest BCUT2D eigenvalue weighted by molar-refractivity contribution is -0.143. The highest BCUT2D eigenvalue weighted by Gasteiger charge is 2.33. The normalized spacial score (nSPS) is 28.1. The van der Waals surface area contributed by atoms with Gasteiger partial charge in [0.15, 0.2) is 0 Å². The first kappa shape index (κ1) is 15.1. The molecule has 2 N–H and O–H groups in total. The molecule has 0 radical (unpaired) electrons. The molecule has 6 nitrogen and oxygen atoms in total. The largest absolute Gasteiger partial charge is 0.481 e. The van der Waals surface area contributed by atoms with Crippen molar-refractivity contribution in [2.75, 3.05) is 26.2 Å². The molecule has 2 heterocycles. The van der Waals surface area contributed by atoms with Crippen LogP contribution >= 0.6 is 0 Å². The Morgan fingerprint density at radius 2 is 1.85 bits per heavy atom. The summed E-state index contributed by atoms with van der Waals surface area (Å²) in [4.78, 5) is 27.1. The van der Waals surface area contributed by atoms with Crippen LogP contribution < -0.4 is 0 Å². The maximum Gasteiger partial charge on any atom is 0.320 e. The van der Waals surface area contributed by atoms with E-state index in [1.165, 1.54) is 0 Å². The number of aliphatic hydroxyl groups is 1. The highest BCUT2D eigenvalue weighted by Crippen LogP contribution is 2.22. The van der Waals surface area contributed by atoms with Crippen LogP contribution in [-0.4, -0.2) is 64.3 Å². The number of piperidine rings is 1. The minimum atomic E-state index is -0.822. The van der Waals surface area contributed by atoms with E-state index in [4.69, 9.17) is 5.11 Å². The number of carboxylic acids is 1. The van der Waals surface area contributed by atoms with E-state index in [1.54, 1.807) is 9.80 Å². The van der Waals surface area contributed by atoms with E-state index < -0.39 is 11.9 Å². The topological polar surface area (TPSA) is 81.1 Å². The highest BCUT2D eigenvalue weighted by molar-refractivity contribution is 5.77. The van der Waals surface area contributed by atoms with Crippen LogP contribution in [-0.2, 0) is 4.79 Å². The van der Waals surface area contributed by atoms with Crippen LogP contribution in [0.15, 0.2) is 0 Å². The minimum absolute atomic E-state index is 0.0120. The molecule has 20 heavy (non-hydrogen) atoms. The number of carboxylic acid groups (broad SMARTS) is 1. The predicted molar refractivity (Wildman–Crippen MR) is 73.4 cm³/mol. The van der Waals surface area contributed by atoms with Gasteiger partial charge in [0.25, 0.3) is 0 Å². The number of urea groups is 1. The molecule has 2 fully saturated rings. The Labute approximate surface area is 119 Å². The summed E-state index contributed by atoms with van der Waals surface area (Å²) in [5.74, 6) is -1.27. The fraction of sp³-hybridized carbons (Fsp3) is 0.857. The van der Waals surface area contributed by atoms with Gasteiger partial charge in [0.2, 0.25) is 0 Å². The number of carbonyl (C=O) groups is 2. The lowest BCUT2D eigenvalue weighted by Gasteiger charge is -2.37. The van der Waals surface area contributed by atoms with Gasteiger partial charge in [-0.2, -0.15) is 0 Å². The van der Waals surface area contributed by atoms with Gasteiger partial charge in [0, 0.05) is 19.6 Å². The van der Waals surface area contributed by atoms with Crippen molar-refractivity contribution in [3.05, 3.63) is 0 Å². The molecule has 6 heteroatoms. The quantitative estimate of drug-likeness (QED) is 0.797. The molecule has 0 aromatic rings. The lowest BCUT2D eigenvalue weighted by Crippen LogP contribution is -2.52. The number of amides is 2. The minimum Gasteiger partial charge on any atom is -0.481 e. The van der Waals surface area contributed by atoms with Gasteiger partial charge < -0.3 is 20.0 Å². The van der Waals surface area contributed by atoms with E-state index in [2.05, 4.69) is 0 Å². The Morgan fingerprint density at radius 1 is 1.05 bits per heavy atom. The first-order chi connectivity index (χ1) is 9.63. The van der Waals surface area contributed by atoms with Crippen molar-refractivity contribution < 1.29 is 19.8 Å². The van der Waals surface area contributed by atoms with Crippen LogP contribution in [0, 0.1) is 5.92 Å². The lowest BCUT2D eigenvalue weighted by atomic mass is 9.98. The zero-order valence-corrected chi connectivity index (χ0v) is 11.8. The average Bonchev–Trinajstić information content (AvgIpc) is 2.71. The van der Waals surface area contributed by atoms with Crippen molar-refractivity contribution in [2.24, 2.45) is 5.92 Å². The number of likely N-dealkylation sites (tertiary alicyclic amines) is 2. The molecule has 2 aliphatic rings. The molecule has 2 aliphatic heterocycles. The van der Waals surface area contributed by atoms with Crippen LogP contribution in [0.25, 0.3) is 0 Å². The summed E-state index contributed by atoms with van der Waals surface area (Å²) in [5, 5.41) is 18.6. The molecule has 0 aromatic heterocycles. The second kappa shape index (κ2) is 6.92. The number of aliphatic carboxylic acids is 1. The Balaban J connectivity index is 2.02. The molecule has 0 bridgehead atoms. The second-order valence-corrected chi connectivity index (χ2v) is 5.79. The molecule has 0 spiro atoms. The van der Waals surface area contributed by atoms with Crippen LogP contribution in [0.4, 0.5) is 4.79 Å². The van der Waals surface area contributed by atoms with Crippen LogP contribution in [0.3, 0.4) is 0 Å². The molecule has 1 unspecified atom stereocenters. The molecule has 114 valence electrons. The molecule has 0 aliphatic carbocycles. The number of hydrogen-bond donors (Lipinski definition) is 2. The zero-order chi connectivity index (χ0) is 14.5. The predicted octanol–water partition coefficient (Wildman–Crippen LogP) is 1.14. The van der Waals surface area contributed by atoms with Gasteiger partial charge in [0.05, 0.1) is 18.6 Å². The summed E-state index contributed by atoms with van der Waals surface area (Å²) in [7, 11) is 0. The van der Waals surface area contributed by atoms with E-state index in [0.29, 0.717) is 26.1 Å². The third-order valence-electron chi connectivity index (χ3n) is 4.37. The molecule has 2 amide bonds. The summed E-state index contributed by atoms with van der Waals surface area (Å²) < 4.78 is 0. The van der Waals surface area contributed by atoms with Crippen molar-refractivity contribution in [2.45, 2.75) is 44.6 Å². The van der Waals surface area contributed by atoms with Crippen LogP contribution in [0.2, 0.25) is 0 Å². The highest BCUT2D eigenvalue weighted by atomic mass is 16.4. The number of carbonyl (C=O) groups excluding carboxylic acids is 1. The summed E-state index contributed by atoms with van der Waals surface area (Å²) in [6.45, 7) is 1.57. The molecular weight excluding hydrogens is 260 g/mol. The van der Waals surface area contributed by atoms with E-state index in [-0.39, 0.29) is 18.7 Å². The first-order valence-corrected chi connectivity index (χ1v) is 7.52. The van der Waals surface area contributed by atoms with Crippen molar-refractivity contribution in [3.8, 4) is 0 Å². The number of nitrogens with zero attached hydrogens (tertiary/aromatic N) is 2. The fourth-order valence-electron chi connectivity index (χ4n) is 3.15. The molecule has 0 aromatic carbocycles. The standard InChI is InChI=1S/C14H24N2O4/c17-10-12-6-2-1-3-8-16(12)14(20)15-7-4-5-11(9-15)13(18)19/h11-12,17H,1-10H2,(H,18,19)/t11-,12?/m0/s1. The van der Waals surface area contributed by atoms with Crippen LogP contribution in [0.5, 0.6) is 0 Å². The zero-order valence-electron chi connectivity index (χ0n) is 11.8. The van der Waals surface area contributed by atoms with Crippen molar-refractivity contribution in [1.82, 2.24) is 9.80 Å². The van der Waals surface area contributed by atoms with Crippen molar-refractivity contribution in [3.63, 3.8) is 0 Å². The summed E-state index contributed by atoms with van der Waals surface area (Å²) >= 11 is 0. The van der Waals surface area contributed by atoms with Crippen LogP contribution in [0.1, 0.15) is 38.5 Å². The molecular formula is C14H24N2O4. The van der Waals surface area contributed by atoms with E-state index in [1.807, 2.05) is 0 Å². The third kappa shape index (κ3) is 3.42. The summed E-state index contributed by atoms with van der Waals surface area (Å²) in [5.41, 5.74) is 0. The van der Waals surface area contributed by atoms with Gasteiger partial charge in [0.1, 0.15) is 0 Å². The van der Waals surface area contributed by atoms with Gasteiger partial charge >= 0.3 is 12.0 Å². The van der Waals surface area contributed by atoms with Gasteiger partial charge in [-0.1, -0.05) is 12.8 Å². The number of aliphatic hydroxyl groups excluding tert-OH is 1. The van der Waals surface area contributed by atoms with Gasteiger partial charge in [-0.25, -0.2) is 4.79 Å². The smallest absolute Gasteiger partial charge is 0.320 e. The molecule has 0 saturated carbocycles. The van der Waals surface area contributed by atoms with Gasteiger partial charge in [-0.15, -0.1) is 0 Å². The first-order valence-electron chi connectivity index (χ1n) is 7.52. The van der Waals surface area contributed by atoms with Gasteiger partial charge in [-0.05, 0) is 25.7 Å². The van der Waals surface area contributed by atoms with E-state index in [9.17, 15) is 14.7 Å². The Morgan fingerprint density at radius 3 is 2.55 bits per heavy atom. The molecule has 2 saturated heterocycles. The van der Waals surface area contributed by atoms with Gasteiger partial charge in [-0.3, -0.25) is 4.79 Å². The summed E-state index contributed by atoms with van der Waals surface area (Å²) in [6, 6.07) is -0.216. The fourth-order valence-corrected chi connectivity index (χ4v) is 3.15. The monoisotopic (exact) mass is 284 g/mol. The number of hydrogen-bond acceptors (Lipinski definition) is 3. The van der Waals surface area contributed by atoms with Crippen molar-refractivity contribution >= 4 is 12.0 Å². The maximum absolute atomic E-state index is 12.6. The Hall–Kier alpha value is -1.30. The number of rotatable bonds is 2. The second-order valence-electron chi connectivity index (χ2n) is 5.79. The molecule has 2 atom stereocenters. The molecule has 2 rings (SSSR count). The Bertz CT molecular complexity index is 361. The Kier molecular flexibility index (Phi) is 5.23. The average molecular weight is 284 g/mol. The summed E-state index contributed by atoms with van der Waals surface area (Å²) in [6.07, 6.45) is 5.28. The van der Waals surface area contributed by atoms with E-state index in [0.717, 1.165) is 32.1 Å².